The molecule has 2 aliphatic rings. The summed E-state index contributed by atoms with van der Waals surface area (Å²) in [6, 6.07) is 0.0602. The minimum Gasteiger partial charge on any atom is -0.479 e. The normalized spacial score (nSPS) is 30.9. The molecule has 0 radical (unpaired) electrons. The molecule has 0 aromatic carbocycles. The van der Waals surface area contributed by atoms with Crippen LogP contribution in [0, 0.1) is 0 Å². The first kappa shape index (κ1) is 10.4. The van der Waals surface area contributed by atoms with Gasteiger partial charge >= 0.3 is 5.97 Å². The molecule has 2 aliphatic heterocycles. The van der Waals surface area contributed by atoms with Gasteiger partial charge in [-0.15, -0.1) is 0 Å². The third-order valence-electron chi connectivity index (χ3n) is 2.57. The predicted octanol–water partition coefficient (Wildman–Crippen LogP) is -0.866. The zero-order chi connectivity index (χ0) is 10.8. The summed E-state index contributed by atoms with van der Waals surface area (Å²) in [5, 5.41) is 11.4. The van der Waals surface area contributed by atoms with E-state index < -0.39 is 18.2 Å². The van der Waals surface area contributed by atoms with Crippen molar-refractivity contribution in [3.8, 4) is 0 Å². The molecule has 15 heavy (non-hydrogen) atoms. The quantitative estimate of drug-likeness (QED) is 0.639. The van der Waals surface area contributed by atoms with Gasteiger partial charge in [-0.05, 0) is 12.8 Å². The van der Waals surface area contributed by atoms with Crippen LogP contribution in [0.1, 0.15) is 12.8 Å². The molecule has 84 valence electrons. The molecule has 2 heterocycles. The zero-order valence-electron chi connectivity index (χ0n) is 8.14. The smallest absolute Gasteiger partial charge is 0.332 e. The molecule has 2 unspecified atom stereocenters. The Hall–Kier alpha value is -1.14. The number of carboxylic acid groups (broad SMARTS) is 1. The summed E-state index contributed by atoms with van der Waals surface area (Å²) in [6.07, 6.45) is -0.588. The first-order valence-corrected chi connectivity index (χ1v) is 4.93. The molecule has 1 amide bonds. The van der Waals surface area contributed by atoms with Gasteiger partial charge < -0.3 is 19.9 Å². The molecule has 0 aromatic heterocycles. The van der Waals surface area contributed by atoms with Crippen molar-refractivity contribution < 1.29 is 24.2 Å². The third-order valence-corrected chi connectivity index (χ3v) is 2.57. The van der Waals surface area contributed by atoms with Gasteiger partial charge in [-0.1, -0.05) is 0 Å². The summed E-state index contributed by atoms with van der Waals surface area (Å²) in [4.78, 5) is 22.1. The second-order valence-electron chi connectivity index (χ2n) is 3.77. The topological polar surface area (TPSA) is 84.9 Å². The number of ether oxygens (including phenoxy) is 2. The van der Waals surface area contributed by atoms with Crippen LogP contribution in [0.4, 0.5) is 0 Å². The summed E-state index contributed by atoms with van der Waals surface area (Å²) < 4.78 is 10.0. The summed E-state index contributed by atoms with van der Waals surface area (Å²) >= 11 is 0. The summed E-state index contributed by atoms with van der Waals surface area (Å²) in [5.74, 6) is -1.23. The van der Waals surface area contributed by atoms with Crippen molar-refractivity contribution in [3.05, 3.63) is 0 Å². The van der Waals surface area contributed by atoms with Crippen LogP contribution in [0.5, 0.6) is 0 Å². The number of hydrogen-bond donors (Lipinski definition) is 2. The Bertz CT molecular complexity index is 276. The van der Waals surface area contributed by atoms with Crippen molar-refractivity contribution in [1.29, 1.82) is 0 Å². The molecule has 0 saturated carbocycles. The van der Waals surface area contributed by atoms with Crippen molar-refractivity contribution in [3.63, 3.8) is 0 Å². The second kappa shape index (κ2) is 4.16. The first-order valence-electron chi connectivity index (χ1n) is 4.93. The van der Waals surface area contributed by atoms with Crippen LogP contribution in [0.3, 0.4) is 0 Å². The number of rotatable bonds is 3. The van der Waals surface area contributed by atoms with Crippen molar-refractivity contribution in [1.82, 2.24) is 5.32 Å². The van der Waals surface area contributed by atoms with Crippen molar-refractivity contribution in [2.75, 3.05) is 13.2 Å². The van der Waals surface area contributed by atoms with E-state index in [1.54, 1.807) is 0 Å². The van der Waals surface area contributed by atoms with E-state index in [1.165, 1.54) is 0 Å². The van der Waals surface area contributed by atoms with E-state index >= 15 is 0 Å². The van der Waals surface area contributed by atoms with Crippen LogP contribution in [-0.2, 0) is 19.1 Å². The number of carbonyl (C=O) groups excluding carboxylic acids is 1. The molecule has 0 aliphatic carbocycles. The summed E-state index contributed by atoms with van der Waals surface area (Å²) in [6.45, 7) is 1.06. The number of nitrogens with one attached hydrogen (secondary N) is 1. The van der Waals surface area contributed by atoms with Gasteiger partial charge in [0.15, 0.2) is 6.10 Å². The van der Waals surface area contributed by atoms with Gasteiger partial charge in [-0.3, -0.25) is 4.79 Å². The average Bonchev–Trinajstić information content (AvgIpc) is 2.59. The molecule has 0 aromatic rings. The Balaban J connectivity index is 1.79. The Kier molecular flexibility index (Phi) is 2.88. The molecule has 2 rings (SSSR count). The first-order chi connectivity index (χ1) is 7.16. The number of hydrogen-bond acceptors (Lipinski definition) is 4. The maximum atomic E-state index is 11.5. The van der Waals surface area contributed by atoms with Crippen LogP contribution in [0.25, 0.3) is 0 Å². The van der Waals surface area contributed by atoms with Crippen molar-refractivity contribution >= 4 is 11.9 Å². The Morgan fingerprint density at radius 3 is 2.33 bits per heavy atom. The van der Waals surface area contributed by atoms with E-state index in [-0.39, 0.29) is 11.9 Å². The highest BCUT2D eigenvalue weighted by molar-refractivity contribution is 5.82. The molecule has 0 bridgehead atoms. The molecular weight excluding hydrogens is 202 g/mol. The highest BCUT2D eigenvalue weighted by Crippen LogP contribution is 2.20. The Morgan fingerprint density at radius 1 is 1.20 bits per heavy atom. The van der Waals surface area contributed by atoms with E-state index in [1.807, 2.05) is 0 Å². The monoisotopic (exact) mass is 215 g/mol. The van der Waals surface area contributed by atoms with Gasteiger partial charge in [0.25, 0.3) is 0 Å². The predicted molar refractivity (Wildman–Crippen MR) is 48.3 cm³/mol. The Morgan fingerprint density at radius 2 is 1.87 bits per heavy atom. The standard InChI is InChI=1S/C9H13NO5/c11-8(10-5-3-14-4-5)6-1-2-7(15-6)9(12)13/h5-7H,1-4H2,(H,10,11)(H,12,13). The number of carboxylic acids is 1. The molecule has 0 spiro atoms. The van der Waals surface area contributed by atoms with Gasteiger partial charge in [-0.25, -0.2) is 4.79 Å². The molecular formula is C9H13NO5. The van der Waals surface area contributed by atoms with E-state index in [2.05, 4.69) is 5.32 Å². The lowest BCUT2D eigenvalue weighted by atomic mass is 10.1. The highest BCUT2D eigenvalue weighted by Gasteiger charge is 2.36. The zero-order valence-corrected chi connectivity index (χ0v) is 8.14. The van der Waals surface area contributed by atoms with Gasteiger partial charge in [0, 0.05) is 0 Å². The minimum absolute atomic E-state index is 0.0602. The van der Waals surface area contributed by atoms with E-state index in [0.717, 1.165) is 0 Å². The molecule has 2 N–H and O–H groups in total. The lowest BCUT2D eigenvalue weighted by Crippen LogP contribution is -2.51. The molecule has 2 fully saturated rings. The molecule has 6 heteroatoms. The summed E-state index contributed by atoms with van der Waals surface area (Å²) in [5.41, 5.74) is 0. The van der Waals surface area contributed by atoms with Gasteiger partial charge in [0.1, 0.15) is 6.10 Å². The fourth-order valence-corrected chi connectivity index (χ4v) is 1.62. The fraction of sp³-hybridized carbons (Fsp3) is 0.778. The van der Waals surface area contributed by atoms with E-state index in [9.17, 15) is 9.59 Å². The minimum atomic E-state index is -1.00. The third kappa shape index (κ3) is 2.27. The van der Waals surface area contributed by atoms with Crippen LogP contribution < -0.4 is 5.32 Å². The van der Waals surface area contributed by atoms with Crippen LogP contribution in [0.15, 0.2) is 0 Å². The van der Waals surface area contributed by atoms with Crippen molar-refractivity contribution in [2.24, 2.45) is 0 Å². The van der Waals surface area contributed by atoms with E-state index in [4.69, 9.17) is 14.6 Å². The van der Waals surface area contributed by atoms with Crippen LogP contribution in [0.2, 0.25) is 0 Å². The lowest BCUT2D eigenvalue weighted by Gasteiger charge is -2.27. The van der Waals surface area contributed by atoms with Gasteiger partial charge in [0.05, 0.1) is 19.3 Å². The SMILES string of the molecule is O=C(O)C1CCC(C(=O)NC2COC2)O1. The number of aliphatic carboxylic acids is 1. The highest BCUT2D eigenvalue weighted by atomic mass is 16.5. The maximum absolute atomic E-state index is 11.5. The summed E-state index contributed by atoms with van der Waals surface area (Å²) in [7, 11) is 0. The van der Waals surface area contributed by atoms with Crippen molar-refractivity contribution in [2.45, 2.75) is 31.1 Å². The number of amides is 1. The van der Waals surface area contributed by atoms with E-state index in [0.29, 0.717) is 26.1 Å². The fourth-order valence-electron chi connectivity index (χ4n) is 1.62. The van der Waals surface area contributed by atoms with Gasteiger partial charge in [0.2, 0.25) is 5.91 Å². The van der Waals surface area contributed by atoms with Gasteiger partial charge in [-0.2, -0.15) is 0 Å². The lowest BCUT2D eigenvalue weighted by molar-refractivity contribution is -0.152. The van der Waals surface area contributed by atoms with Crippen LogP contribution >= 0.6 is 0 Å². The largest absolute Gasteiger partial charge is 0.479 e. The molecule has 6 nitrogen and oxygen atoms in total. The Labute approximate surface area is 86.5 Å². The average molecular weight is 215 g/mol. The molecule has 2 saturated heterocycles. The van der Waals surface area contributed by atoms with Crippen LogP contribution in [-0.4, -0.2) is 48.4 Å². The molecule has 2 atom stereocenters. The maximum Gasteiger partial charge on any atom is 0.332 e. The second-order valence-corrected chi connectivity index (χ2v) is 3.77. The number of carbonyl (C=O) groups is 2.